The van der Waals surface area contributed by atoms with E-state index in [1.807, 2.05) is 0 Å². The van der Waals surface area contributed by atoms with E-state index in [1.165, 1.54) is 0 Å². The summed E-state index contributed by atoms with van der Waals surface area (Å²) in [5, 5.41) is 0. The second-order valence-corrected chi connectivity index (χ2v) is 6.10. The SMILES string of the molecule is CCS(=O)(=O)CCCC(=O)CCCCN. The smallest absolute Gasteiger partial charge is 0.150 e. The minimum Gasteiger partial charge on any atom is -0.330 e. The highest BCUT2D eigenvalue weighted by Crippen LogP contribution is 2.03. The predicted molar refractivity (Wildman–Crippen MR) is 61.5 cm³/mol. The molecule has 0 rings (SSSR count). The summed E-state index contributed by atoms with van der Waals surface area (Å²) < 4.78 is 22.2. The third-order valence-electron chi connectivity index (χ3n) is 2.26. The number of ketones is 1. The average Bonchev–Trinajstić information content (AvgIpc) is 2.18. The van der Waals surface area contributed by atoms with Crippen molar-refractivity contribution < 1.29 is 13.2 Å². The van der Waals surface area contributed by atoms with Gasteiger partial charge in [-0.2, -0.15) is 0 Å². The second kappa shape index (κ2) is 7.82. The zero-order valence-corrected chi connectivity index (χ0v) is 10.2. The molecule has 0 aromatic heterocycles. The lowest BCUT2D eigenvalue weighted by atomic mass is 10.1. The largest absolute Gasteiger partial charge is 0.330 e. The molecule has 0 aliphatic heterocycles. The summed E-state index contributed by atoms with van der Waals surface area (Å²) in [7, 11) is -2.91. The summed E-state index contributed by atoms with van der Waals surface area (Å²) in [4.78, 5) is 11.3. The molecule has 4 nitrogen and oxygen atoms in total. The van der Waals surface area contributed by atoms with Gasteiger partial charge in [-0.15, -0.1) is 0 Å². The molecule has 0 fully saturated rings. The first-order chi connectivity index (χ1) is 7.02. The van der Waals surface area contributed by atoms with Crippen molar-refractivity contribution in [2.75, 3.05) is 18.1 Å². The Balaban J connectivity index is 3.55. The Hall–Kier alpha value is -0.420. The number of rotatable bonds is 9. The molecule has 5 heteroatoms. The average molecular weight is 235 g/mol. The number of Topliss-reactive ketones (excluding diaryl/α,β-unsaturated/α-hetero) is 1. The van der Waals surface area contributed by atoms with Gasteiger partial charge in [-0.1, -0.05) is 6.92 Å². The van der Waals surface area contributed by atoms with Gasteiger partial charge in [0.1, 0.15) is 15.6 Å². The van der Waals surface area contributed by atoms with Crippen LogP contribution in [0.1, 0.15) is 39.0 Å². The van der Waals surface area contributed by atoms with Crippen LogP contribution in [0.15, 0.2) is 0 Å². The fourth-order valence-electron chi connectivity index (χ4n) is 1.23. The number of unbranched alkanes of at least 4 members (excludes halogenated alkanes) is 1. The molecule has 0 saturated carbocycles. The molecule has 0 spiro atoms. The molecular weight excluding hydrogens is 214 g/mol. The monoisotopic (exact) mass is 235 g/mol. The van der Waals surface area contributed by atoms with Crippen molar-refractivity contribution in [3.63, 3.8) is 0 Å². The topological polar surface area (TPSA) is 77.2 Å². The Bertz CT molecular complexity index is 272. The van der Waals surface area contributed by atoms with Gasteiger partial charge < -0.3 is 5.73 Å². The predicted octanol–water partition coefficient (Wildman–Crippen LogP) is 0.899. The summed E-state index contributed by atoms with van der Waals surface area (Å²) in [6.07, 6.45) is 3.04. The molecule has 0 amide bonds. The van der Waals surface area contributed by atoms with Crippen LogP contribution in [0.4, 0.5) is 0 Å². The Labute approximate surface area is 92.2 Å². The first kappa shape index (κ1) is 14.6. The maximum absolute atomic E-state index is 11.3. The second-order valence-electron chi connectivity index (χ2n) is 3.62. The molecular formula is C10H21NO3S. The van der Waals surface area contributed by atoms with Gasteiger partial charge in [0, 0.05) is 18.6 Å². The molecule has 15 heavy (non-hydrogen) atoms. The maximum atomic E-state index is 11.3. The first-order valence-electron chi connectivity index (χ1n) is 5.44. The summed E-state index contributed by atoms with van der Waals surface area (Å²) in [6, 6.07) is 0. The Morgan fingerprint density at radius 1 is 1.13 bits per heavy atom. The van der Waals surface area contributed by atoms with Gasteiger partial charge in [-0.05, 0) is 25.8 Å². The van der Waals surface area contributed by atoms with Crippen molar-refractivity contribution in [2.24, 2.45) is 5.73 Å². The van der Waals surface area contributed by atoms with Crippen LogP contribution in [-0.4, -0.2) is 32.3 Å². The minimum atomic E-state index is -2.91. The molecule has 0 radical (unpaired) electrons. The first-order valence-corrected chi connectivity index (χ1v) is 7.26. The van der Waals surface area contributed by atoms with E-state index in [0.29, 0.717) is 25.8 Å². The van der Waals surface area contributed by atoms with E-state index < -0.39 is 9.84 Å². The fourth-order valence-corrected chi connectivity index (χ4v) is 2.10. The van der Waals surface area contributed by atoms with Crippen molar-refractivity contribution in [1.82, 2.24) is 0 Å². The Morgan fingerprint density at radius 3 is 2.27 bits per heavy atom. The quantitative estimate of drug-likeness (QED) is 0.602. The number of carbonyl (C=O) groups is 1. The van der Waals surface area contributed by atoms with Crippen LogP contribution < -0.4 is 5.73 Å². The van der Waals surface area contributed by atoms with Gasteiger partial charge in [0.15, 0.2) is 0 Å². The van der Waals surface area contributed by atoms with E-state index in [9.17, 15) is 13.2 Å². The lowest BCUT2D eigenvalue weighted by Crippen LogP contribution is -2.10. The van der Waals surface area contributed by atoms with Gasteiger partial charge in [0.2, 0.25) is 0 Å². The van der Waals surface area contributed by atoms with Crippen LogP contribution in [-0.2, 0) is 14.6 Å². The highest BCUT2D eigenvalue weighted by Gasteiger charge is 2.08. The van der Waals surface area contributed by atoms with Gasteiger partial charge >= 0.3 is 0 Å². The van der Waals surface area contributed by atoms with Crippen molar-refractivity contribution in [3.8, 4) is 0 Å². The third-order valence-corrected chi connectivity index (χ3v) is 4.05. The van der Waals surface area contributed by atoms with Crippen molar-refractivity contribution in [3.05, 3.63) is 0 Å². The zero-order valence-electron chi connectivity index (χ0n) is 9.37. The normalized spacial score (nSPS) is 11.6. The molecule has 0 unspecified atom stereocenters. The Morgan fingerprint density at radius 2 is 1.73 bits per heavy atom. The number of hydrogen-bond acceptors (Lipinski definition) is 4. The highest BCUT2D eigenvalue weighted by molar-refractivity contribution is 7.91. The maximum Gasteiger partial charge on any atom is 0.150 e. The minimum absolute atomic E-state index is 0.131. The van der Waals surface area contributed by atoms with Crippen LogP contribution in [0.3, 0.4) is 0 Å². The lowest BCUT2D eigenvalue weighted by molar-refractivity contribution is -0.119. The van der Waals surface area contributed by atoms with Crippen LogP contribution in [0, 0.1) is 0 Å². The molecule has 0 atom stereocenters. The fraction of sp³-hybridized carbons (Fsp3) is 0.900. The van der Waals surface area contributed by atoms with Crippen molar-refractivity contribution >= 4 is 15.6 Å². The van der Waals surface area contributed by atoms with E-state index in [2.05, 4.69) is 0 Å². The molecule has 0 aliphatic carbocycles. The molecule has 0 bridgehead atoms. The van der Waals surface area contributed by atoms with E-state index in [1.54, 1.807) is 6.92 Å². The van der Waals surface area contributed by atoms with Crippen LogP contribution in [0.5, 0.6) is 0 Å². The van der Waals surface area contributed by atoms with E-state index >= 15 is 0 Å². The van der Waals surface area contributed by atoms with Gasteiger partial charge in [0.05, 0.1) is 5.75 Å². The van der Waals surface area contributed by atoms with Crippen LogP contribution >= 0.6 is 0 Å². The molecule has 90 valence electrons. The van der Waals surface area contributed by atoms with E-state index in [0.717, 1.165) is 12.8 Å². The number of nitrogens with two attached hydrogens (primary N) is 1. The Kier molecular flexibility index (Phi) is 7.60. The number of carbonyl (C=O) groups excluding carboxylic acids is 1. The van der Waals surface area contributed by atoms with E-state index in [4.69, 9.17) is 5.73 Å². The van der Waals surface area contributed by atoms with Crippen molar-refractivity contribution in [2.45, 2.75) is 39.0 Å². The van der Waals surface area contributed by atoms with Gasteiger partial charge in [0.25, 0.3) is 0 Å². The van der Waals surface area contributed by atoms with Gasteiger partial charge in [-0.25, -0.2) is 8.42 Å². The number of hydrogen-bond donors (Lipinski definition) is 1. The van der Waals surface area contributed by atoms with E-state index in [-0.39, 0.29) is 17.3 Å². The highest BCUT2D eigenvalue weighted by atomic mass is 32.2. The van der Waals surface area contributed by atoms with Crippen LogP contribution in [0.25, 0.3) is 0 Å². The molecule has 2 N–H and O–H groups in total. The summed E-state index contributed by atoms with van der Waals surface area (Å²) in [5.74, 6) is 0.440. The molecule has 0 heterocycles. The van der Waals surface area contributed by atoms with Gasteiger partial charge in [-0.3, -0.25) is 4.79 Å². The number of sulfone groups is 1. The third kappa shape index (κ3) is 8.57. The van der Waals surface area contributed by atoms with Crippen LogP contribution in [0.2, 0.25) is 0 Å². The standard InChI is InChI=1S/C10H21NO3S/c1-2-15(13,14)9-5-7-10(12)6-3-4-8-11/h2-9,11H2,1H3. The molecule has 0 aliphatic rings. The molecule has 0 aromatic rings. The summed E-state index contributed by atoms with van der Waals surface area (Å²) in [6.45, 7) is 2.23. The van der Waals surface area contributed by atoms with Crippen molar-refractivity contribution in [1.29, 1.82) is 0 Å². The summed E-state index contributed by atoms with van der Waals surface area (Å²) >= 11 is 0. The molecule has 0 saturated heterocycles. The summed E-state index contributed by atoms with van der Waals surface area (Å²) in [5.41, 5.74) is 5.30. The zero-order chi connectivity index (χ0) is 11.7. The molecule has 0 aromatic carbocycles. The lowest BCUT2D eigenvalue weighted by Gasteiger charge is -2.01.